The summed E-state index contributed by atoms with van der Waals surface area (Å²) in [6, 6.07) is 5.42. The van der Waals surface area contributed by atoms with Gasteiger partial charge in [0.1, 0.15) is 11.6 Å². The van der Waals surface area contributed by atoms with Gasteiger partial charge in [0.15, 0.2) is 6.61 Å². The van der Waals surface area contributed by atoms with E-state index in [0.29, 0.717) is 4.88 Å². The minimum absolute atomic E-state index is 0.000736. The number of amides is 1. The Morgan fingerprint density at radius 3 is 2.73 bits per heavy atom. The van der Waals surface area contributed by atoms with Gasteiger partial charge in [0.2, 0.25) is 5.88 Å². The molecule has 5 nitrogen and oxygen atoms in total. The molecule has 0 aliphatic rings. The molecule has 2 aromatic rings. The number of hydrogen-bond acceptors (Lipinski definition) is 5. The second-order valence-electron chi connectivity index (χ2n) is 4.08. The molecule has 0 aliphatic heterocycles. The van der Waals surface area contributed by atoms with Gasteiger partial charge in [0.25, 0.3) is 5.91 Å². The Labute approximate surface area is 126 Å². The van der Waals surface area contributed by atoms with E-state index in [2.05, 4.69) is 4.98 Å². The molecule has 9 heteroatoms. The first-order valence-corrected chi connectivity index (χ1v) is 6.68. The van der Waals surface area contributed by atoms with E-state index in [0.717, 1.165) is 6.07 Å². The Hall–Kier alpha value is -2.60. The standard InChI is InChI=1S/C13H8F3N3O2S/c14-13(15,16)8-4-9(10-2-1-3-22-10)19-12(7(8)5-17)21-6-11(18)20/h1-4H,6H2,(H2,18,20). The molecular weight excluding hydrogens is 319 g/mol. The van der Waals surface area contributed by atoms with E-state index in [1.807, 2.05) is 0 Å². The first-order valence-electron chi connectivity index (χ1n) is 5.80. The van der Waals surface area contributed by atoms with Crippen molar-refractivity contribution in [3.05, 3.63) is 34.7 Å². The minimum Gasteiger partial charge on any atom is -0.467 e. The van der Waals surface area contributed by atoms with Gasteiger partial charge in [-0.05, 0) is 17.5 Å². The molecule has 1 amide bonds. The lowest BCUT2D eigenvalue weighted by molar-refractivity contribution is -0.137. The lowest BCUT2D eigenvalue weighted by Crippen LogP contribution is -2.21. The van der Waals surface area contributed by atoms with E-state index in [-0.39, 0.29) is 5.69 Å². The summed E-state index contributed by atoms with van der Waals surface area (Å²) in [5, 5.41) is 10.6. The molecular formula is C13H8F3N3O2S. The lowest BCUT2D eigenvalue weighted by Gasteiger charge is -2.13. The maximum Gasteiger partial charge on any atom is 0.417 e. The van der Waals surface area contributed by atoms with Crippen molar-refractivity contribution in [1.82, 2.24) is 4.98 Å². The molecule has 0 radical (unpaired) electrons. The van der Waals surface area contributed by atoms with Crippen LogP contribution in [0.1, 0.15) is 11.1 Å². The average molecular weight is 327 g/mol. The first-order chi connectivity index (χ1) is 10.3. The quantitative estimate of drug-likeness (QED) is 0.934. The van der Waals surface area contributed by atoms with Gasteiger partial charge in [0, 0.05) is 0 Å². The molecule has 2 aromatic heterocycles. The van der Waals surface area contributed by atoms with E-state index >= 15 is 0 Å². The zero-order valence-electron chi connectivity index (χ0n) is 10.8. The number of alkyl halides is 3. The largest absolute Gasteiger partial charge is 0.467 e. The number of carbonyl (C=O) groups excluding carboxylic acids is 1. The second-order valence-corrected chi connectivity index (χ2v) is 5.02. The van der Waals surface area contributed by atoms with Crippen molar-refractivity contribution in [3.8, 4) is 22.5 Å². The van der Waals surface area contributed by atoms with E-state index in [1.165, 1.54) is 17.4 Å². The molecule has 2 heterocycles. The smallest absolute Gasteiger partial charge is 0.417 e. The number of ether oxygens (including phenoxy) is 1. The van der Waals surface area contributed by atoms with E-state index in [4.69, 9.17) is 15.7 Å². The lowest BCUT2D eigenvalue weighted by atomic mass is 10.1. The molecule has 0 aromatic carbocycles. The molecule has 0 bridgehead atoms. The number of carbonyl (C=O) groups is 1. The predicted molar refractivity (Wildman–Crippen MR) is 72.0 cm³/mol. The zero-order valence-corrected chi connectivity index (χ0v) is 11.7. The summed E-state index contributed by atoms with van der Waals surface area (Å²) in [6.45, 7) is -0.674. The van der Waals surface area contributed by atoms with Gasteiger partial charge in [-0.1, -0.05) is 6.07 Å². The molecule has 0 atom stereocenters. The Morgan fingerprint density at radius 2 is 2.23 bits per heavy atom. The second kappa shape index (κ2) is 6.03. The molecule has 0 saturated carbocycles. The van der Waals surface area contributed by atoms with Crippen molar-refractivity contribution in [3.63, 3.8) is 0 Å². The fourth-order valence-electron chi connectivity index (χ4n) is 1.65. The molecule has 0 fully saturated rings. The third-order valence-corrected chi connectivity index (χ3v) is 3.42. The van der Waals surface area contributed by atoms with Crippen LogP contribution in [0.3, 0.4) is 0 Å². The highest BCUT2D eigenvalue weighted by Gasteiger charge is 2.36. The normalized spacial score (nSPS) is 11.0. The monoisotopic (exact) mass is 327 g/mol. The van der Waals surface area contributed by atoms with Gasteiger partial charge in [-0.15, -0.1) is 11.3 Å². The number of aromatic nitrogens is 1. The van der Waals surface area contributed by atoms with Crippen molar-refractivity contribution < 1.29 is 22.7 Å². The molecule has 0 spiro atoms. The van der Waals surface area contributed by atoms with Gasteiger partial charge < -0.3 is 10.5 Å². The SMILES string of the molecule is N#Cc1c(C(F)(F)F)cc(-c2cccs2)nc1OCC(N)=O. The van der Waals surface area contributed by atoms with Crippen LogP contribution in [0.4, 0.5) is 13.2 Å². The summed E-state index contributed by atoms with van der Waals surface area (Å²) >= 11 is 1.18. The highest BCUT2D eigenvalue weighted by molar-refractivity contribution is 7.13. The molecule has 114 valence electrons. The van der Waals surface area contributed by atoms with Crippen LogP contribution in [0.25, 0.3) is 10.6 Å². The van der Waals surface area contributed by atoms with Crippen LogP contribution >= 0.6 is 11.3 Å². The Kier molecular flexibility index (Phi) is 4.32. The number of hydrogen-bond donors (Lipinski definition) is 1. The van der Waals surface area contributed by atoms with Gasteiger partial charge in [-0.2, -0.15) is 18.4 Å². The number of halogens is 3. The number of nitriles is 1. The van der Waals surface area contributed by atoms with Gasteiger partial charge in [0.05, 0.1) is 16.1 Å². The fraction of sp³-hybridized carbons (Fsp3) is 0.154. The summed E-state index contributed by atoms with van der Waals surface area (Å²) in [6.07, 6.45) is -4.76. The van der Waals surface area contributed by atoms with Gasteiger partial charge in [-0.25, -0.2) is 4.98 Å². The minimum atomic E-state index is -4.76. The van der Waals surface area contributed by atoms with Crippen molar-refractivity contribution in [2.75, 3.05) is 6.61 Å². The van der Waals surface area contributed by atoms with Crippen molar-refractivity contribution in [2.24, 2.45) is 5.73 Å². The van der Waals surface area contributed by atoms with E-state index in [9.17, 15) is 18.0 Å². The number of rotatable bonds is 4. The summed E-state index contributed by atoms with van der Waals surface area (Å²) in [5.41, 5.74) is 2.94. The van der Waals surface area contributed by atoms with Crippen LogP contribution in [0, 0.1) is 11.3 Å². The summed E-state index contributed by atoms with van der Waals surface area (Å²) in [4.78, 5) is 15.1. The molecule has 2 rings (SSSR count). The van der Waals surface area contributed by atoms with Crippen LogP contribution in [-0.2, 0) is 11.0 Å². The van der Waals surface area contributed by atoms with Crippen molar-refractivity contribution >= 4 is 17.2 Å². The van der Waals surface area contributed by atoms with Crippen LogP contribution < -0.4 is 10.5 Å². The Bertz CT molecular complexity index is 736. The molecule has 0 saturated heterocycles. The number of nitrogens with two attached hydrogens (primary N) is 1. The van der Waals surface area contributed by atoms with Crippen molar-refractivity contribution in [2.45, 2.75) is 6.18 Å². The third kappa shape index (κ3) is 3.35. The topological polar surface area (TPSA) is 89.0 Å². The fourth-order valence-corrected chi connectivity index (χ4v) is 2.33. The van der Waals surface area contributed by atoms with Crippen LogP contribution in [0.2, 0.25) is 0 Å². The maximum absolute atomic E-state index is 13.1. The Morgan fingerprint density at radius 1 is 1.50 bits per heavy atom. The van der Waals surface area contributed by atoms with Crippen molar-refractivity contribution in [1.29, 1.82) is 5.26 Å². The third-order valence-electron chi connectivity index (χ3n) is 2.53. The van der Waals surface area contributed by atoms with Crippen LogP contribution in [0.15, 0.2) is 23.6 Å². The van der Waals surface area contributed by atoms with E-state index in [1.54, 1.807) is 17.5 Å². The summed E-state index contributed by atoms with van der Waals surface area (Å²) < 4.78 is 44.2. The number of primary amides is 1. The average Bonchev–Trinajstić information content (AvgIpc) is 2.97. The predicted octanol–water partition coefficient (Wildman–Crippen LogP) is 2.56. The van der Waals surface area contributed by atoms with Gasteiger partial charge in [-0.3, -0.25) is 4.79 Å². The number of pyridine rings is 1. The first kappa shape index (κ1) is 15.8. The molecule has 0 aliphatic carbocycles. The summed E-state index contributed by atoms with van der Waals surface area (Å²) in [7, 11) is 0. The molecule has 0 unspecified atom stereocenters. The molecule has 22 heavy (non-hydrogen) atoms. The molecule has 2 N–H and O–H groups in total. The number of thiophene rings is 1. The Balaban J connectivity index is 2.62. The van der Waals surface area contributed by atoms with Crippen LogP contribution in [-0.4, -0.2) is 17.5 Å². The zero-order chi connectivity index (χ0) is 16.3. The van der Waals surface area contributed by atoms with Crippen LogP contribution in [0.5, 0.6) is 5.88 Å². The van der Waals surface area contributed by atoms with Gasteiger partial charge >= 0.3 is 6.18 Å². The number of nitrogens with zero attached hydrogens (tertiary/aromatic N) is 2. The summed E-state index contributed by atoms with van der Waals surface area (Å²) in [5.74, 6) is -1.46. The highest BCUT2D eigenvalue weighted by Crippen LogP contribution is 2.38. The highest BCUT2D eigenvalue weighted by atomic mass is 32.1. The van der Waals surface area contributed by atoms with E-state index < -0.39 is 35.7 Å². The maximum atomic E-state index is 13.1.